The molecule has 8 nitrogen and oxygen atoms in total. The third-order valence-corrected chi connectivity index (χ3v) is 8.97. The molecule has 40 heavy (non-hydrogen) atoms. The van der Waals surface area contributed by atoms with Gasteiger partial charge in [0, 0.05) is 58.7 Å². The lowest BCUT2D eigenvalue weighted by molar-refractivity contribution is 0.102. The Morgan fingerprint density at radius 1 is 1.02 bits per heavy atom. The average molecular weight is 548 g/mol. The highest BCUT2D eigenvalue weighted by Gasteiger charge is 2.17. The van der Waals surface area contributed by atoms with Crippen LogP contribution in [0.4, 0.5) is 0 Å². The lowest BCUT2D eigenvalue weighted by atomic mass is 10.1. The second-order valence-corrected chi connectivity index (χ2v) is 11.7. The van der Waals surface area contributed by atoms with Gasteiger partial charge >= 0.3 is 0 Å². The molecule has 6 heterocycles. The maximum Gasteiger partial charge on any atom is 0.181 e. The Labute approximate surface area is 235 Å². The topological polar surface area (TPSA) is 112 Å². The average Bonchev–Trinajstić information content (AvgIpc) is 3.78. The van der Waals surface area contributed by atoms with Gasteiger partial charge in [0.05, 0.1) is 26.8 Å². The van der Waals surface area contributed by atoms with Crippen LogP contribution in [-0.4, -0.2) is 42.5 Å². The largest absolute Gasteiger partial charge is 0.353 e. The number of Topliss-reactive ketones (excluding diaryl/α,β-unsaturated/α-hetero) is 1. The summed E-state index contributed by atoms with van der Waals surface area (Å²) in [7, 11) is 0. The fourth-order valence-corrected chi connectivity index (χ4v) is 6.59. The molecule has 0 unspecified atom stereocenters. The highest BCUT2D eigenvalue weighted by atomic mass is 32.1. The summed E-state index contributed by atoms with van der Waals surface area (Å²) in [6.45, 7) is 3.47. The molecule has 0 aliphatic heterocycles. The molecule has 0 radical (unpaired) electrons. The predicted molar refractivity (Wildman–Crippen MR) is 159 cm³/mol. The summed E-state index contributed by atoms with van der Waals surface area (Å²) in [5, 5.41) is 13.2. The van der Waals surface area contributed by atoms with Gasteiger partial charge < -0.3 is 10.3 Å². The molecule has 3 N–H and O–H groups in total. The first-order valence-electron chi connectivity index (χ1n) is 13.7. The maximum absolute atomic E-state index is 11.8. The van der Waals surface area contributed by atoms with Gasteiger partial charge in [0.15, 0.2) is 11.4 Å². The van der Waals surface area contributed by atoms with Crippen LogP contribution in [0.2, 0.25) is 0 Å². The molecular formula is C31H29N7OS. The van der Waals surface area contributed by atoms with Crippen LogP contribution in [0.15, 0.2) is 61.2 Å². The number of nitrogens with one attached hydrogen (secondary N) is 3. The Kier molecular flexibility index (Phi) is 6.45. The first-order chi connectivity index (χ1) is 19.6. The van der Waals surface area contributed by atoms with Crippen LogP contribution < -0.4 is 5.32 Å². The van der Waals surface area contributed by atoms with Gasteiger partial charge in [0.2, 0.25) is 0 Å². The molecule has 200 valence electrons. The van der Waals surface area contributed by atoms with E-state index in [1.54, 1.807) is 13.1 Å². The normalized spacial score (nSPS) is 14.0. The molecule has 1 aliphatic carbocycles. The number of fused-ring (bicyclic) bond motifs is 2. The van der Waals surface area contributed by atoms with Crippen molar-refractivity contribution >= 4 is 39.1 Å². The molecule has 1 fully saturated rings. The summed E-state index contributed by atoms with van der Waals surface area (Å²) in [5.41, 5.74) is 7.43. The smallest absolute Gasteiger partial charge is 0.181 e. The van der Waals surface area contributed by atoms with Gasteiger partial charge in [0.25, 0.3) is 0 Å². The van der Waals surface area contributed by atoms with E-state index in [0.29, 0.717) is 5.65 Å². The predicted octanol–water partition coefficient (Wildman–Crippen LogP) is 6.77. The van der Waals surface area contributed by atoms with Crippen molar-refractivity contribution in [1.82, 2.24) is 35.5 Å². The fraction of sp³-hybridized carbons (Fsp3) is 0.258. The molecule has 0 spiro atoms. The SMILES string of the molecule is CC(=O)c1ccc(-c2nccc3[nH]c(-c4[nH]nc5ncc(-c6cncc(CNCC7CCCC7)c6)cc45)cc23)s1. The molecular weight excluding hydrogens is 518 g/mol. The van der Waals surface area contributed by atoms with Gasteiger partial charge in [-0.05, 0) is 74.2 Å². The molecule has 0 bridgehead atoms. The van der Waals surface area contributed by atoms with Crippen LogP contribution in [0.5, 0.6) is 0 Å². The Bertz CT molecular complexity index is 1840. The lowest BCUT2D eigenvalue weighted by Gasteiger charge is -2.11. The van der Waals surface area contributed by atoms with E-state index in [1.807, 2.05) is 36.8 Å². The number of H-pyrrole nitrogens is 2. The van der Waals surface area contributed by atoms with Crippen LogP contribution in [0, 0.1) is 5.92 Å². The molecule has 7 rings (SSSR count). The molecule has 0 atom stereocenters. The first-order valence-corrected chi connectivity index (χ1v) is 14.5. The summed E-state index contributed by atoms with van der Waals surface area (Å²) in [6, 6.07) is 12.2. The first kappa shape index (κ1) is 24.8. The van der Waals surface area contributed by atoms with Crippen LogP contribution in [0.1, 0.15) is 47.8 Å². The number of aromatic nitrogens is 6. The van der Waals surface area contributed by atoms with E-state index in [4.69, 9.17) is 0 Å². The van der Waals surface area contributed by atoms with E-state index in [0.717, 1.165) is 73.3 Å². The highest BCUT2D eigenvalue weighted by Crippen LogP contribution is 2.36. The van der Waals surface area contributed by atoms with Gasteiger partial charge in [-0.25, -0.2) is 4.98 Å². The number of carbonyl (C=O) groups is 1. The second-order valence-electron chi connectivity index (χ2n) is 10.6. The minimum absolute atomic E-state index is 0.0616. The number of rotatable bonds is 8. The third kappa shape index (κ3) is 4.71. The van der Waals surface area contributed by atoms with Crippen LogP contribution in [0.25, 0.3) is 55.0 Å². The second kappa shape index (κ2) is 10.4. The molecule has 0 aromatic carbocycles. The number of pyridine rings is 3. The van der Waals surface area contributed by atoms with E-state index < -0.39 is 0 Å². The molecule has 1 aliphatic rings. The van der Waals surface area contributed by atoms with Gasteiger partial charge in [0.1, 0.15) is 0 Å². The van der Waals surface area contributed by atoms with Gasteiger partial charge in [-0.2, -0.15) is 5.10 Å². The van der Waals surface area contributed by atoms with Crippen molar-refractivity contribution in [3.05, 3.63) is 71.6 Å². The number of hydrogen-bond acceptors (Lipinski definition) is 7. The van der Waals surface area contributed by atoms with Crippen molar-refractivity contribution in [2.24, 2.45) is 5.92 Å². The van der Waals surface area contributed by atoms with E-state index in [2.05, 4.69) is 53.6 Å². The number of hydrogen-bond donors (Lipinski definition) is 3. The summed E-state index contributed by atoms with van der Waals surface area (Å²) in [6.07, 6.45) is 12.9. The number of carbonyl (C=O) groups excluding carboxylic acids is 1. The zero-order valence-electron chi connectivity index (χ0n) is 22.2. The molecule has 1 saturated carbocycles. The summed E-state index contributed by atoms with van der Waals surface area (Å²) < 4.78 is 0. The Morgan fingerprint density at radius 2 is 1.90 bits per heavy atom. The summed E-state index contributed by atoms with van der Waals surface area (Å²) in [4.78, 5) is 30.9. The van der Waals surface area contributed by atoms with E-state index in [-0.39, 0.29) is 5.78 Å². The lowest BCUT2D eigenvalue weighted by Crippen LogP contribution is -2.20. The zero-order valence-corrected chi connectivity index (χ0v) is 23.0. The maximum atomic E-state index is 11.8. The quantitative estimate of drug-likeness (QED) is 0.181. The van der Waals surface area contributed by atoms with Crippen molar-refractivity contribution in [3.63, 3.8) is 0 Å². The van der Waals surface area contributed by atoms with E-state index in [1.165, 1.54) is 42.6 Å². The standard InChI is InChI=1S/C31H29N7OS/c1-18(39)27-6-7-28(40-27)30-23-12-26(36-25(23)8-9-34-30)29-24-11-22(17-35-31(24)38-37-29)21-10-20(15-33-16-21)14-32-13-19-4-2-3-5-19/h6-12,15-17,19,32,36H,2-5,13-14H2,1H3,(H,35,37,38). The Hall–Kier alpha value is -4.21. The van der Waals surface area contributed by atoms with Gasteiger partial charge in [-0.3, -0.25) is 19.9 Å². The minimum Gasteiger partial charge on any atom is -0.353 e. The van der Waals surface area contributed by atoms with Gasteiger partial charge in [-0.1, -0.05) is 12.8 Å². The van der Waals surface area contributed by atoms with Crippen molar-refractivity contribution in [3.8, 4) is 33.1 Å². The summed E-state index contributed by atoms with van der Waals surface area (Å²) >= 11 is 1.46. The number of thiophene rings is 1. The van der Waals surface area contributed by atoms with E-state index >= 15 is 0 Å². The fourth-order valence-electron chi connectivity index (χ4n) is 5.68. The van der Waals surface area contributed by atoms with Crippen LogP contribution in [0.3, 0.4) is 0 Å². The van der Waals surface area contributed by atoms with Crippen LogP contribution in [-0.2, 0) is 6.54 Å². The van der Waals surface area contributed by atoms with Crippen molar-refractivity contribution in [2.45, 2.75) is 39.2 Å². The van der Waals surface area contributed by atoms with E-state index in [9.17, 15) is 4.79 Å². The third-order valence-electron chi connectivity index (χ3n) is 7.78. The van der Waals surface area contributed by atoms with Gasteiger partial charge in [-0.15, -0.1) is 11.3 Å². The highest BCUT2D eigenvalue weighted by molar-refractivity contribution is 7.17. The Balaban J connectivity index is 1.20. The summed E-state index contributed by atoms with van der Waals surface area (Å²) in [5.74, 6) is 0.869. The van der Waals surface area contributed by atoms with Crippen molar-refractivity contribution in [1.29, 1.82) is 0 Å². The molecule has 0 saturated heterocycles. The van der Waals surface area contributed by atoms with Crippen molar-refractivity contribution < 1.29 is 4.79 Å². The number of ketones is 1. The molecule has 0 amide bonds. The molecule has 9 heteroatoms. The van der Waals surface area contributed by atoms with Crippen molar-refractivity contribution in [2.75, 3.05) is 6.54 Å². The number of aromatic amines is 2. The zero-order chi connectivity index (χ0) is 27.1. The molecule has 6 aromatic rings. The van der Waals surface area contributed by atoms with Crippen LogP contribution >= 0.6 is 11.3 Å². The number of nitrogens with zero attached hydrogens (tertiary/aromatic N) is 4. The Morgan fingerprint density at radius 3 is 2.75 bits per heavy atom. The molecule has 6 aromatic heterocycles. The minimum atomic E-state index is 0.0616. The monoisotopic (exact) mass is 547 g/mol.